The molecule has 0 aromatic carbocycles. The van der Waals surface area contributed by atoms with Gasteiger partial charge in [0.15, 0.2) is 0 Å². The molecule has 0 saturated heterocycles. The van der Waals surface area contributed by atoms with Crippen LogP contribution in [0.25, 0.3) is 6.08 Å². The van der Waals surface area contributed by atoms with Crippen molar-refractivity contribution in [1.82, 2.24) is 0 Å². The van der Waals surface area contributed by atoms with Gasteiger partial charge in [-0.15, -0.1) is 11.3 Å². The summed E-state index contributed by atoms with van der Waals surface area (Å²) in [4.78, 5) is 21.5. The van der Waals surface area contributed by atoms with E-state index in [0.717, 1.165) is 11.3 Å². The quantitative estimate of drug-likeness (QED) is 0.478. The van der Waals surface area contributed by atoms with Crippen LogP contribution in [0.4, 0.5) is 0 Å². The van der Waals surface area contributed by atoms with E-state index in [1.165, 1.54) is 11.5 Å². The maximum atomic E-state index is 10.7. The standard InChI is InChI=1S/C9H8O4S.2Li/c1-2-3-6-7(9(12)13)5(4-14-6)8(10)11;;/h2-4H,1H3,(H,10,11)(H,12,13);;/q;2*+1/p-2. The molecule has 4 nitrogen and oxygen atoms in total. The molecule has 16 heavy (non-hydrogen) atoms. The molecule has 0 unspecified atom stereocenters. The van der Waals surface area contributed by atoms with Gasteiger partial charge in [-0.05, 0) is 13.0 Å². The molecular formula is C9H6Li2O4S. The zero-order valence-corrected chi connectivity index (χ0v) is 10.1. The van der Waals surface area contributed by atoms with Crippen LogP contribution in [0.15, 0.2) is 11.5 Å². The van der Waals surface area contributed by atoms with Gasteiger partial charge in [0.25, 0.3) is 0 Å². The van der Waals surface area contributed by atoms with Crippen molar-refractivity contribution in [3.63, 3.8) is 0 Å². The van der Waals surface area contributed by atoms with Crippen LogP contribution in [-0.4, -0.2) is 11.9 Å². The molecule has 0 bridgehead atoms. The molecule has 0 amide bonds. The smallest absolute Gasteiger partial charge is 0.545 e. The van der Waals surface area contributed by atoms with E-state index >= 15 is 0 Å². The summed E-state index contributed by atoms with van der Waals surface area (Å²) in [6, 6.07) is 0. The number of allylic oxidation sites excluding steroid dienone is 1. The minimum absolute atomic E-state index is 0. The number of carboxylic acids is 2. The van der Waals surface area contributed by atoms with Crippen LogP contribution in [0.2, 0.25) is 0 Å². The van der Waals surface area contributed by atoms with Gasteiger partial charge in [-0.2, -0.15) is 0 Å². The molecule has 1 heterocycles. The van der Waals surface area contributed by atoms with E-state index < -0.39 is 11.9 Å². The molecule has 0 spiro atoms. The summed E-state index contributed by atoms with van der Waals surface area (Å²) in [6.07, 6.45) is 3.14. The molecule has 0 N–H and O–H groups in total. The molecule has 74 valence electrons. The van der Waals surface area contributed by atoms with Crippen molar-refractivity contribution >= 4 is 29.4 Å². The van der Waals surface area contributed by atoms with Crippen LogP contribution in [0.5, 0.6) is 0 Å². The largest absolute Gasteiger partial charge is 1.00 e. The van der Waals surface area contributed by atoms with Crippen molar-refractivity contribution < 1.29 is 57.5 Å². The molecular weight excluding hydrogens is 218 g/mol. The molecule has 7 heteroatoms. The fourth-order valence-corrected chi connectivity index (χ4v) is 1.99. The molecule has 0 aliphatic heterocycles. The van der Waals surface area contributed by atoms with E-state index in [4.69, 9.17) is 0 Å². The number of thiophene rings is 1. The topological polar surface area (TPSA) is 80.3 Å². The van der Waals surface area contributed by atoms with Gasteiger partial charge in [0.1, 0.15) is 0 Å². The Morgan fingerprint density at radius 1 is 1.25 bits per heavy atom. The zero-order valence-electron chi connectivity index (χ0n) is 9.27. The Balaban J connectivity index is 0. The fourth-order valence-electron chi connectivity index (χ4n) is 1.01. The van der Waals surface area contributed by atoms with Gasteiger partial charge in [-0.3, -0.25) is 0 Å². The monoisotopic (exact) mass is 224 g/mol. The molecule has 0 aliphatic carbocycles. The first-order chi connectivity index (χ1) is 6.57. The number of carboxylic acid groups (broad SMARTS) is 2. The second-order valence-corrected chi connectivity index (χ2v) is 3.37. The average molecular weight is 224 g/mol. The van der Waals surface area contributed by atoms with Crippen molar-refractivity contribution in [3.05, 3.63) is 27.5 Å². The number of aromatic carboxylic acids is 2. The van der Waals surface area contributed by atoms with E-state index in [0.29, 0.717) is 4.88 Å². The van der Waals surface area contributed by atoms with E-state index in [1.54, 1.807) is 13.0 Å². The molecule has 0 fully saturated rings. The van der Waals surface area contributed by atoms with Gasteiger partial charge in [-0.1, -0.05) is 6.08 Å². The first-order valence-corrected chi connectivity index (χ1v) is 4.62. The van der Waals surface area contributed by atoms with Crippen molar-refractivity contribution in [2.24, 2.45) is 0 Å². The SMILES string of the molecule is CC=Cc1scc(C(=O)[O-])c1C(=O)[O-].[Li+].[Li+]. The summed E-state index contributed by atoms with van der Waals surface area (Å²) in [6.45, 7) is 1.71. The molecule has 1 aromatic rings. The predicted octanol–water partition coefficient (Wildman–Crippen LogP) is -6.48. The van der Waals surface area contributed by atoms with E-state index in [-0.39, 0.29) is 48.8 Å². The number of hydrogen-bond donors (Lipinski definition) is 0. The zero-order chi connectivity index (χ0) is 10.7. The van der Waals surface area contributed by atoms with Crippen LogP contribution >= 0.6 is 11.3 Å². The normalized spacial score (nSPS) is 9.31. The maximum absolute atomic E-state index is 10.7. The van der Waals surface area contributed by atoms with Crippen molar-refractivity contribution in [3.8, 4) is 0 Å². The summed E-state index contributed by atoms with van der Waals surface area (Å²) in [5, 5.41) is 22.4. The summed E-state index contributed by atoms with van der Waals surface area (Å²) in [5.74, 6) is -3.00. The van der Waals surface area contributed by atoms with Gasteiger partial charge in [0.2, 0.25) is 0 Å². The van der Waals surface area contributed by atoms with Gasteiger partial charge in [0.05, 0.1) is 11.9 Å². The Morgan fingerprint density at radius 3 is 2.19 bits per heavy atom. The Morgan fingerprint density at radius 2 is 1.81 bits per heavy atom. The molecule has 0 atom stereocenters. The van der Waals surface area contributed by atoms with E-state index in [1.807, 2.05) is 0 Å². The molecule has 0 radical (unpaired) electrons. The van der Waals surface area contributed by atoms with Crippen molar-refractivity contribution in [2.75, 3.05) is 0 Å². The molecule has 0 saturated carbocycles. The number of rotatable bonds is 3. The molecule has 0 aliphatic rings. The fraction of sp³-hybridized carbons (Fsp3) is 0.111. The number of hydrogen-bond acceptors (Lipinski definition) is 5. The predicted molar refractivity (Wildman–Crippen MR) is 47.7 cm³/mol. The summed E-state index contributed by atoms with van der Waals surface area (Å²) >= 11 is 1.03. The van der Waals surface area contributed by atoms with Crippen molar-refractivity contribution in [1.29, 1.82) is 0 Å². The van der Waals surface area contributed by atoms with E-state index in [9.17, 15) is 19.8 Å². The maximum Gasteiger partial charge on any atom is 1.00 e. The first kappa shape index (κ1) is 18.0. The van der Waals surface area contributed by atoms with Crippen LogP contribution in [0.3, 0.4) is 0 Å². The number of carbonyl (C=O) groups excluding carboxylic acids is 2. The Bertz CT molecular complexity index is 412. The van der Waals surface area contributed by atoms with Gasteiger partial charge in [-0.25, -0.2) is 0 Å². The third kappa shape index (κ3) is 3.86. The van der Waals surface area contributed by atoms with Crippen LogP contribution < -0.4 is 47.9 Å². The van der Waals surface area contributed by atoms with Crippen molar-refractivity contribution in [2.45, 2.75) is 6.92 Å². The summed E-state index contributed by atoms with van der Waals surface area (Å²) in [5.41, 5.74) is -0.642. The minimum Gasteiger partial charge on any atom is -0.545 e. The van der Waals surface area contributed by atoms with Gasteiger partial charge < -0.3 is 19.8 Å². The molecule has 1 aromatic heterocycles. The summed E-state index contributed by atoms with van der Waals surface area (Å²) < 4.78 is 0. The number of carbonyl (C=O) groups is 2. The van der Waals surface area contributed by atoms with E-state index in [2.05, 4.69) is 0 Å². The third-order valence-corrected chi connectivity index (χ3v) is 2.51. The van der Waals surface area contributed by atoms with Crippen LogP contribution in [0, 0.1) is 0 Å². The first-order valence-electron chi connectivity index (χ1n) is 3.74. The average Bonchev–Trinajstić information content (AvgIpc) is 2.48. The molecule has 1 rings (SSSR count). The third-order valence-electron chi connectivity index (χ3n) is 1.56. The Hall–Kier alpha value is -0.425. The second kappa shape index (κ2) is 7.78. The van der Waals surface area contributed by atoms with Crippen LogP contribution in [-0.2, 0) is 0 Å². The summed E-state index contributed by atoms with van der Waals surface area (Å²) in [7, 11) is 0. The minimum atomic E-state index is -1.50. The van der Waals surface area contributed by atoms with Gasteiger partial charge >= 0.3 is 37.7 Å². The Kier molecular flexibility index (Phi) is 8.73. The Labute approximate surface area is 121 Å². The second-order valence-electron chi connectivity index (χ2n) is 2.46. The van der Waals surface area contributed by atoms with Crippen LogP contribution in [0.1, 0.15) is 32.5 Å². The van der Waals surface area contributed by atoms with Gasteiger partial charge in [0, 0.05) is 21.4 Å².